The molecule has 23 heavy (non-hydrogen) atoms. The topological polar surface area (TPSA) is 32.3 Å². The van der Waals surface area contributed by atoms with Crippen molar-refractivity contribution >= 4 is 17.3 Å². The average molecular weight is 310 g/mol. The zero-order valence-corrected chi connectivity index (χ0v) is 14.5. The van der Waals surface area contributed by atoms with Crippen molar-refractivity contribution in [3.63, 3.8) is 0 Å². The molecule has 0 aliphatic carbocycles. The van der Waals surface area contributed by atoms with Crippen LogP contribution in [-0.4, -0.2) is 19.0 Å². The molecule has 2 aromatic rings. The molecule has 0 atom stereocenters. The summed E-state index contributed by atoms with van der Waals surface area (Å²) in [5.41, 5.74) is 3.92. The lowest BCUT2D eigenvalue weighted by atomic mass is 10.0. The maximum absolute atomic E-state index is 12.3. The molecule has 2 aromatic carbocycles. The van der Waals surface area contributed by atoms with Crippen LogP contribution in [0.2, 0.25) is 0 Å². The Labute approximate surface area is 139 Å². The maximum Gasteiger partial charge on any atom is 0.255 e. The molecule has 2 rings (SSSR count). The molecule has 3 heteroatoms. The van der Waals surface area contributed by atoms with Crippen molar-refractivity contribution in [1.82, 2.24) is 0 Å². The first-order chi connectivity index (χ1) is 11.0. The predicted octanol–water partition coefficient (Wildman–Crippen LogP) is 4.91. The van der Waals surface area contributed by atoms with Gasteiger partial charge < -0.3 is 10.2 Å². The van der Waals surface area contributed by atoms with Gasteiger partial charge in [-0.1, -0.05) is 26.0 Å². The molecule has 0 fully saturated rings. The fraction of sp³-hybridized carbons (Fsp3) is 0.350. The molecular weight excluding hydrogens is 284 g/mol. The number of anilines is 2. The molecule has 0 unspecified atom stereocenters. The van der Waals surface area contributed by atoms with E-state index in [2.05, 4.69) is 50.0 Å². The van der Waals surface area contributed by atoms with Crippen LogP contribution in [0.4, 0.5) is 11.4 Å². The summed E-state index contributed by atoms with van der Waals surface area (Å²) in [5.74, 6) is 0.417. The predicted molar refractivity (Wildman–Crippen MR) is 98.5 cm³/mol. The molecule has 1 amide bonds. The highest BCUT2D eigenvalue weighted by Crippen LogP contribution is 2.19. The molecule has 0 saturated heterocycles. The van der Waals surface area contributed by atoms with Gasteiger partial charge in [-0.05, 0) is 61.7 Å². The van der Waals surface area contributed by atoms with Crippen molar-refractivity contribution in [2.24, 2.45) is 0 Å². The van der Waals surface area contributed by atoms with E-state index in [9.17, 15) is 4.79 Å². The number of hydrogen-bond acceptors (Lipinski definition) is 2. The SMILES string of the molecule is CCN(CC)c1ccc(C(=O)Nc2ccc(C(C)C)cc2)cc1. The molecule has 0 aliphatic heterocycles. The number of nitrogens with zero attached hydrogens (tertiary/aromatic N) is 1. The van der Waals surface area contributed by atoms with Gasteiger partial charge in [0.15, 0.2) is 0 Å². The maximum atomic E-state index is 12.3. The number of rotatable bonds is 6. The summed E-state index contributed by atoms with van der Waals surface area (Å²) < 4.78 is 0. The van der Waals surface area contributed by atoms with Crippen LogP contribution in [0.1, 0.15) is 49.5 Å². The standard InChI is InChI=1S/C20H26N2O/c1-5-22(6-2)19-13-9-17(10-14-19)20(23)21-18-11-7-16(8-12-18)15(3)4/h7-15H,5-6H2,1-4H3,(H,21,23). The fourth-order valence-corrected chi connectivity index (χ4v) is 2.57. The molecule has 0 radical (unpaired) electrons. The Morgan fingerprint density at radius 3 is 2.00 bits per heavy atom. The largest absolute Gasteiger partial charge is 0.372 e. The van der Waals surface area contributed by atoms with Crippen molar-refractivity contribution in [1.29, 1.82) is 0 Å². The smallest absolute Gasteiger partial charge is 0.255 e. The van der Waals surface area contributed by atoms with Crippen LogP contribution in [-0.2, 0) is 0 Å². The Kier molecular flexibility index (Phi) is 5.80. The summed E-state index contributed by atoms with van der Waals surface area (Å²) >= 11 is 0. The first-order valence-corrected chi connectivity index (χ1v) is 8.31. The van der Waals surface area contributed by atoms with Gasteiger partial charge >= 0.3 is 0 Å². The summed E-state index contributed by atoms with van der Waals surface area (Å²) in [6.07, 6.45) is 0. The Morgan fingerprint density at radius 1 is 0.957 bits per heavy atom. The summed E-state index contributed by atoms with van der Waals surface area (Å²) in [6, 6.07) is 15.8. The van der Waals surface area contributed by atoms with E-state index in [1.807, 2.05) is 36.4 Å². The summed E-state index contributed by atoms with van der Waals surface area (Å²) in [7, 11) is 0. The van der Waals surface area contributed by atoms with E-state index in [4.69, 9.17) is 0 Å². The molecule has 122 valence electrons. The second kappa shape index (κ2) is 7.82. The van der Waals surface area contributed by atoms with Crippen LogP contribution < -0.4 is 10.2 Å². The lowest BCUT2D eigenvalue weighted by Gasteiger charge is -2.21. The molecule has 0 bridgehead atoms. The van der Waals surface area contributed by atoms with Crippen LogP contribution in [0.3, 0.4) is 0 Å². The Bertz CT molecular complexity index is 626. The zero-order chi connectivity index (χ0) is 16.8. The van der Waals surface area contributed by atoms with Crippen LogP contribution in [0.25, 0.3) is 0 Å². The second-order valence-corrected chi connectivity index (χ2v) is 5.95. The fourth-order valence-electron chi connectivity index (χ4n) is 2.57. The van der Waals surface area contributed by atoms with Gasteiger partial charge in [0.05, 0.1) is 0 Å². The molecule has 0 aliphatic rings. The van der Waals surface area contributed by atoms with Gasteiger partial charge in [0.2, 0.25) is 0 Å². The lowest BCUT2D eigenvalue weighted by molar-refractivity contribution is 0.102. The Morgan fingerprint density at radius 2 is 1.52 bits per heavy atom. The van der Waals surface area contributed by atoms with Gasteiger partial charge in [0, 0.05) is 30.0 Å². The molecule has 3 nitrogen and oxygen atoms in total. The molecule has 1 N–H and O–H groups in total. The van der Waals surface area contributed by atoms with Crippen molar-refractivity contribution in [2.75, 3.05) is 23.3 Å². The normalized spacial score (nSPS) is 10.7. The minimum Gasteiger partial charge on any atom is -0.372 e. The number of hydrogen-bond donors (Lipinski definition) is 1. The molecule has 0 spiro atoms. The highest BCUT2D eigenvalue weighted by molar-refractivity contribution is 6.04. The second-order valence-electron chi connectivity index (χ2n) is 5.95. The first-order valence-electron chi connectivity index (χ1n) is 8.31. The molecule has 0 heterocycles. The van der Waals surface area contributed by atoms with Gasteiger partial charge in [-0.3, -0.25) is 4.79 Å². The van der Waals surface area contributed by atoms with E-state index in [1.54, 1.807) is 0 Å². The van der Waals surface area contributed by atoms with Crippen LogP contribution in [0.15, 0.2) is 48.5 Å². The van der Waals surface area contributed by atoms with E-state index in [0.717, 1.165) is 24.5 Å². The average Bonchev–Trinajstić information content (AvgIpc) is 2.57. The van der Waals surface area contributed by atoms with Gasteiger partial charge in [0.1, 0.15) is 0 Å². The summed E-state index contributed by atoms with van der Waals surface area (Å²) in [5, 5.41) is 2.95. The number of nitrogens with one attached hydrogen (secondary N) is 1. The van der Waals surface area contributed by atoms with Crippen LogP contribution >= 0.6 is 0 Å². The monoisotopic (exact) mass is 310 g/mol. The van der Waals surface area contributed by atoms with Gasteiger partial charge in [-0.15, -0.1) is 0 Å². The molecule has 0 saturated carbocycles. The van der Waals surface area contributed by atoms with Gasteiger partial charge in [-0.25, -0.2) is 0 Å². The van der Waals surface area contributed by atoms with Crippen LogP contribution in [0.5, 0.6) is 0 Å². The van der Waals surface area contributed by atoms with E-state index < -0.39 is 0 Å². The lowest BCUT2D eigenvalue weighted by Crippen LogP contribution is -2.21. The minimum atomic E-state index is -0.0756. The first kappa shape index (κ1) is 17.1. The Balaban J connectivity index is 2.05. The van der Waals surface area contributed by atoms with Gasteiger partial charge in [-0.2, -0.15) is 0 Å². The van der Waals surface area contributed by atoms with Crippen molar-refractivity contribution < 1.29 is 4.79 Å². The zero-order valence-electron chi connectivity index (χ0n) is 14.5. The van der Waals surface area contributed by atoms with E-state index in [1.165, 1.54) is 5.56 Å². The van der Waals surface area contributed by atoms with Crippen molar-refractivity contribution in [2.45, 2.75) is 33.6 Å². The third-order valence-electron chi connectivity index (χ3n) is 4.09. The summed E-state index contributed by atoms with van der Waals surface area (Å²) in [4.78, 5) is 14.6. The Hall–Kier alpha value is -2.29. The minimum absolute atomic E-state index is 0.0756. The van der Waals surface area contributed by atoms with Crippen molar-refractivity contribution in [3.05, 3.63) is 59.7 Å². The molecular formula is C20H26N2O. The highest BCUT2D eigenvalue weighted by Gasteiger charge is 2.08. The van der Waals surface area contributed by atoms with Crippen LogP contribution in [0, 0.1) is 0 Å². The third-order valence-corrected chi connectivity index (χ3v) is 4.09. The van der Waals surface area contributed by atoms with E-state index in [0.29, 0.717) is 11.5 Å². The van der Waals surface area contributed by atoms with Gasteiger partial charge in [0.25, 0.3) is 5.91 Å². The quantitative estimate of drug-likeness (QED) is 0.822. The number of carbonyl (C=O) groups excluding carboxylic acids is 1. The summed E-state index contributed by atoms with van der Waals surface area (Å²) in [6.45, 7) is 10.5. The highest BCUT2D eigenvalue weighted by atomic mass is 16.1. The van der Waals surface area contributed by atoms with E-state index >= 15 is 0 Å². The number of carbonyl (C=O) groups is 1. The van der Waals surface area contributed by atoms with E-state index in [-0.39, 0.29) is 5.91 Å². The number of benzene rings is 2. The molecule has 0 aromatic heterocycles. The number of amides is 1. The third kappa shape index (κ3) is 4.35. The van der Waals surface area contributed by atoms with Crippen molar-refractivity contribution in [3.8, 4) is 0 Å².